The van der Waals surface area contributed by atoms with Gasteiger partial charge in [0, 0.05) is 40.1 Å². The van der Waals surface area contributed by atoms with Crippen molar-refractivity contribution >= 4 is 35.1 Å². The summed E-state index contributed by atoms with van der Waals surface area (Å²) in [5.74, 6) is 0. The molecule has 2 aromatic heterocycles. The van der Waals surface area contributed by atoms with Crippen LogP contribution in [0.4, 0.5) is 0 Å². The maximum Gasteiger partial charge on any atom is 0.0799 e. The fourth-order valence-corrected chi connectivity index (χ4v) is 6.45. The van der Waals surface area contributed by atoms with Gasteiger partial charge < -0.3 is 4.57 Å². The second-order valence-corrected chi connectivity index (χ2v) is 14.8. The predicted molar refractivity (Wildman–Crippen MR) is 139 cm³/mol. The van der Waals surface area contributed by atoms with Gasteiger partial charge in [-0.25, -0.2) is 0 Å². The number of rotatable bonds is 8. The number of aryl methyl sites for hydroxylation is 2. The number of para-hydroxylation sites is 1. The Balaban J connectivity index is 1.79. The molecule has 4 rings (SSSR count). The van der Waals surface area contributed by atoms with Crippen molar-refractivity contribution in [1.82, 2.24) is 9.55 Å². The van der Waals surface area contributed by atoms with E-state index in [1.165, 1.54) is 70.2 Å². The molecule has 0 unspecified atom stereocenters. The van der Waals surface area contributed by atoms with E-state index in [-0.39, 0.29) is 0 Å². The average molecular weight is 429 g/mol. The molecule has 3 heteroatoms. The van der Waals surface area contributed by atoms with Crippen molar-refractivity contribution in [3.8, 4) is 11.3 Å². The lowest BCUT2D eigenvalue weighted by molar-refractivity contribution is 0.667. The molecule has 0 saturated carbocycles. The van der Waals surface area contributed by atoms with Gasteiger partial charge in [-0.15, -0.1) is 0 Å². The third-order valence-electron chi connectivity index (χ3n) is 6.48. The lowest BCUT2D eigenvalue weighted by Gasteiger charge is -2.21. The van der Waals surface area contributed by atoms with Gasteiger partial charge in [0.1, 0.15) is 0 Å². The van der Waals surface area contributed by atoms with Crippen LogP contribution in [0.1, 0.15) is 45.1 Å². The molecule has 2 heterocycles. The highest BCUT2D eigenvalue weighted by atomic mass is 28.3. The van der Waals surface area contributed by atoms with E-state index < -0.39 is 8.07 Å². The van der Waals surface area contributed by atoms with Crippen molar-refractivity contribution in [2.24, 2.45) is 0 Å². The summed E-state index contributed by atoms with van der Waals surface area (Å²) in [5, 5.41) is 4.19. The molecule has 162 valence electrons. The first kappa shape index (κ1) is 21.8. The molecule has 0 aliphatic carbocycles. The van der Waals surface area contributed by atoms with Crippen LogP contribution in [0, 0.1) is 0 Å². The summed E-state index contributed by atoms with van der Waals surface area (Å²) in [4.78, 5) is 4.96. The number of benzene rings is 2. The van der Waals surface area contributed by atoms with Gasteiger partial charge >= 0.3 is 0 Å². The molecule has 0 fully saturated rings. The first-order valence-electron chi connectivity index (χ1n) is 11.9. The summed E-state index contributed by atoms with van der Waals surface area (Å²) in [6.45, 7) is 12.8. The second kappa shape index (κ2) is 9.00. The van der Waals surface area contributed by atoms with Gasteiger partial charge in [0.2, 0.25) is 0 Å². The highest BCUT2D eigenvalue weighted by Gasteiger charge is 2.21. The minimum Gasteiger partial charge on any atom is -0.341 e. The van der Waals surface area contributed by atoms with Crippen LogP contribution in [0.5, 0.6) is 0 Å². The summed E-state index contributed by atoms with van der Waals surface area (Å²) < 4.78 is 2.41. The first-order chi connectivity index (χ1) is 14.9. The molecular formula is C28H36N2Si. The van der Waals surface area contributed by atoms with E-state index in [0.29, 0.717) is 0 Å². The van der Waals surface area contributed by atoms with Crippen molar-refractivity contribution in [1.29, 1.82) is 0 Å². The Bertz CT molecular complexity index is 1200. The molecule has 0 spiro atoms. The Kier molecular flexibility index (Phi) is 6.33. The van der Waals surface area contributed by atoms with Crippen LogP contribution in [-0.2, 0) is 13.0 Å². The van der Waals surface area contributed by atoms with Crippen LogP contribution >= 0.6 is 0 Å². The first-order valence-corrected chi connectivity index (χ1v) is 15.4. The number of fused-ring (bicyclic) bond motifs is 3. The van der Waals surface area contributed by atoms with Gasteiger partial charge in [0.15, 0.2) is 0 Å². The second-order valence-electron chi connectivity index (χ2n) is 9.78. The van der Waals surface area contributed by atoms with Gasteiger partial charge in [-0.3, -0.25) is 4.98 Å². The Morgan fingerprint density at radius 3 is 2.35 bits per heavy atom. The normalized spacial score (nSPS) is 12.2. The molecule has 0 amide bonds. The summed E-state index contributed by atoms with van der Waals surface area (Å²) in [5.41, 5.74) is 6.49. The molecule has 0 saturated heterocycles. The maximum absolute atomic E-state index is 4.96. The molecule has 0 N–H and O–H groups in total. The number of hydrogen-bond acceptors (Lipinski definition) is 1. The molecule has 2 nitrogen and oxygen atoms in total. The fraction of sp³-hybridized carbons (Fsp3) is 0.393. The third kappa shape index (κ3) is 4.34. The van der Waals surface area contributed by atoms with E-state index in [1.54, 1.807) is 0 Å². The lowest BCUT2D eigenvalue weighted by atomic mass is 10.0. The fourth-order valence-electron chi connectivity index (χ4n) is 4.83. The summed E-state index contributed by atoms with van der Waals surface area (Å²) in [6, 6.07) is 18.0. The SMILES string of the molecule is CCCCCCc1cc(-c2ccc3c(c2)c2ccccc2n3CC)ncc1[Si](C)(C)C. The summed E-state index contributed by atoms with van der Waals surface area (Å²) in [7, 11) is -1.42. The third-order valence-corrected chi connectivity index (χ3v) is 8.55. The molecule has 0 aliphatic rings. The van der Waals surface area contributed by atoms with Crippen LogP contribution in [0.3, 0.4) is 0 Å². The van der Waals surface area contributed by atoms with Crippen LogP contribution in [-0.4, -0.2) is 17.6 Å². The Labute approximate surface area is 188 Å². The number of aromatic nitrogens is 2. The monoisotopic (exact) mass is 428 g/mol. The van der Waals surface area contributed by atoms with Gasteiger partial charge in [-0.05, 0) is 54.8 Å². The van der Waals surface area contributed by atoms with E-state index >= 15 is 0 Å². The largest absolute Gasteiger partial charge is 0.341 e. The average Bonchev–Trinajstić information content (AvgIpc) is 3.09. The van der Waals surface area contributed by atoms with Crippen LogP contribution in [0.25, 0.3) is 33.1 Å². The molecule has 4 aromatic rings. The molecule has 0 aliphatic heterocycles. The molecule has 0 bridgehead atoms. The number of nitrogens with zero attached hydrogens (tertiary/aromatic N) is 2. The van der Waals surface area contributed by atoms with Crippen molar-refractivity contribution in [3.63, 3.8) is 0 Å². The highest BCUT2D eigenvalue weighted by Crippen LogP contribution is 2.32. The maximum atomic E-state index is 4.96. The van der Waals surface area contributed by atoms with Gasteiger partial charge in [0.25, 0.3) is 0 Å². The smallest absolute Gasteiger partial charge is 0.0799 e. The molecule has 2 aromatic carbocycles. The zero-order chi connectivity index (χ0) is 22.0. The molecule has 0 radical (unpaired) electrons. The standard InChI is InChI=1S/C28H36N2Si/c1-6-8-9-10-13-22-19-25(29-20-28(22)31(3,4)5)21-16-17-27-24(18-21)23-14-11-12-15-26(23)30(27)7-2/h11-12,14-20H,6-10,13H2,1-5H3. The van der Waals surface area contributed by atoms with E-state index in [9.17, 15) is 0 Å². The van der Waals surface area contributed by atoms with E-state index in [2.05, 4.69) is 92.8 Å². The zero-order valence-corrected chi connectivity index (χ0v) is 20.8. The van der Waals surface area contributed by atoms with Crippen LogP contribution in [0.15, 0.2) is 54.7 Å². The molecule has 0 atom stereocenters. The summed E-state index contributed by atoms with van der Waals surface area (Å²) >= 11 is 0. The van der Waals surface area contributed by atoms with Crippen molar-refractivity contribution < 1.29 is 0 Å². The highest BCUT2D eigenvalue weighted by molar-refractivity contribution is 6.89. The Morgan fingerprint density at radius 1 is 0.839 bits per heavy atom. The van der Waals surface area contributed by atoms with Gasteiger partial charge in [0.05, 0.1) is 13.8 Å². The van der Waals surface area contributed by atoms with Gasteiger partial charge in [-0.2, -0.15) is 0 Å². The topological polar surface area (TPSA) is 17.8 Å². The van der Waals surface area contributed by atoms with Crippen molar-refractivity contribution in [3.05, 3.63) is 60.3 Å². The van der Waals surface area contributed by atoms with E-state index in [1.807, 2.05) is 0 Å². The number of hydrogen-bond donors (Lipinski definition) is 0. The molecular weight excluding hydrogens is 392 g/mol. The van der Waals surface area contributed by atoms with Crippen LogP contribution in [0.2, 0.25) is 19.6 Å². The zero-order valence-electron chi connectivity index (χ0n) is 19.8. The van der Waals surface area contributed by atoms with Crippen molar-refractivity contribution in [2.45, 2.75) is 72.1 Å². The Hall–Kier alpha value is -2.39. The minimum absolute atomic E-state index is 0.981. The Morgan fingerprint density at radius 2 is 1.61 bits per heavy atom. The van der Waals surface area contributed by atoms with Crippen molar-refractivity contribution in [2.75, 3.05) is 0 Å². The predicted octanol–water partition coefficient (Wildman–Crippen LogP) is 7.54. The quantitative estimate of drug-likeness (QED) is 0.209. The number of unbranched alkanes of at least 4 members (excludes halogenated alkanes) is 3. The van der Waals surface area contributed by atoms with Crippen LogP contribution < -0.4 is 5.19 Å². The van der Waals surface area contributed by atoms with Gasteiger partial charge in [-0.1, -0.05) is 70.1 Å². The summed E-state index contributed by atoms with van der Waals surface area (Å²) in [6.07, 6.45) is 8.58. The van der Waals surface area contributed by atoms with E-state index in [0.717, 1.165) is 12.2 Å². The number of pyridine rings is 1. The van der Waals surface area contributed by atoms with E-state index in [4.69, 9.17) is 4.98 Å². The minimum atomic E-state index is -1.42. The molecule has 31 heavy (non-hydrogen) atoms. The lowest BCUT2D eigenvalue weighted by Crippen LogP contribution is -2.40.